The topological polar surface area (TPSA) is 47.6 Å². The fourth-order valence-electron chi connectivity index (χ4n) is 4.84. The molecule has 2 aromatic rings. The van der Waals surface area contributed by atoms with Crippen LogP contribution in [0.4, 0.5) is 5.69 Å². The molecule has 1 N–H and O–H groups in total. The smallest absolute Gasteiger partial charge is 0.256 e. The number of amides is 1. The zero-order chi connectivity index (χ0) is 19.3. The molecule has 1 amide bonds. The Kier molecular flexibility index (Phi) is 4.43. The minimum absolute atomic E-state index is 0.0838. The first kappa shape index (κ1) is 17.8. The van der Waals surface area contributed by atoms with Crippen LogP contribution in [0.1, 0.15) is 36.8 Å². The molecule has 2 fully saturated rings. The highest BCUT2D eigenvalue weighted by Gasteiger charge is 2.41. The first-order valence-electron chi connectivity index (χ1n) is 9.78. The van der Waals surface area contributed by atoms with Crippen molar-refractivity contribution < 1.29 is 14.3 Å². The third-order valence-corrected chi connectivity index (χ3v) is 6.71. The van der Waals surface area contributed by atoms with Crippen LogP contribution in [0.15, 0.2) is 40.9 Å². The van der Waals surface area contributed by atoms with Gasteiger partial charge in [0.25, 0.3) is 5.91 Å². The second kappa shape index (κ2) is 6.96. The Bertz CT molecular complexity index is 984. The molecule has 0 aromatic heterocycles. The molecule has 0 radical (unpaired) electrons. The van der Waals surface area contributed by atoms with Gasteiger partial charge in [-0.3, -0.25) is 4.79 Å². The van der Waals surface area contributed by atoms with Crippen LogP contribution >= 0.6 is 15.9 Å². The van der Waals surface area contributed by atoms with E-state index in [1.807, 2.05) is 42.5 Å². The molecule has 28 heavy (non-hydrogen) atoms. The third-order valence-electron chi connectivity index (χ3n) is 6.21. The van der Waals surface area contributed by atoms with Gasteiger partial charge in [-0.2, -0.15) is 0 Å². The predicted molar refractivity (Wildman–Crippen MR) is 114 cm³/mol. The van der Waals surface area contributed by atoms with Crippen molar-refractivity contribution in [2.24, 2.45) is 11.8 Å². The molecule has 1 aliphatic heterocycles. The summed E-state index contributed by atoms with van der Waals surface area (Å²) >= 11 is 3.49. The summed E-state index contributed by atoms with van der Waals surface area (Å²) in [5.41, 5.74) is 3.33. The fraction of sp³-hybridized carbons (Fsp3) is 0.348. The van der Waals surface area contributed by atoms with Gasteiger partial charge in [-0.1, -0.05) is 22.0 Å². The van der Waals surface area contributed by atoms with Crippen molar-refractivity contribution in [1.82, 2.24) is 0 Å². The third kappa shape index (κ3) is 3.12. The molecule has 1 heterocycles. The number of ether oxygens (including phenoxy) is 2. The van der Waals surface area contributed by atoms with Gasteiger partial charge in [-0.05, 0) is 79.5 Å². The summed E-state index contributed by atoms with van der Waals surface area (Å²) in [6.45, 7) is 0. The van der Waals surface area contributed by atoms with Gasteiger partial charge in [-0.15, -0.1) is 0 Å². The van der Waals surface area contributed by atoms with Crippen molar-refractivity contribution in [3.05, 3.63) is 52.0 Å². The highest BCUT2D eigenvalue weighted by Crippen LogP contribution is 2.47. The van der Waals surface area contributed by atoms with E-state index in [-0.39, 0.29) is 12.0 Å². The van der Waals surface area contributed by atoms with E-state index in [1.54, 1.807) is 7.11 Å². The standard InChI is InChI=1S/C23H22BrNO3/c1-27-20-7-3-14(11-22(20)28-21-10-13-2-4-15(21)8-13)9-18-17-12-16(24)5-6-19(17)25-23(18)26/h3,5-7,9,11-13,15,21H,2,4,8,10H2,1H3,(H,25,26)/b18-9-. The lowest BCUT2D eigenvalue weighted by Gasteiger charge is -2.24. The normalized spacial score (nSPS) is 26.4. The molecular formula is C23H22BrNO3. The molecule has 2 aliphatic carbocycles. The van der Waals surface area contributed by atoms with Gasteiger partial charge in [-0.25, -0.2) is 0 Å². The maximum absolute atomic E-state index is 12.5. The maximum Gasteiger partial charge on any atom is 0.256 e. The number of rotatable bonds is 4. The van der Waals surface area contributed by atoms with Crippen LogP contribution in [0, 0.1) is 11.8 Å². The molecule has 4 nitrogen and oxygen atoms in total. The van der Waals surface area contributed by atoms with Crippen molar-refractivity contribution in [1.29, 1.82) is 0 Å². The van der Waals surface area contributed by atoms with Crippen LogP contribution in [0.3, 0.4) is 0 Å². The van der Waals surface area contributed by atoms with Gasteiger partial charge in [0.2, 0.25) is 0 Å². The lowest BCUT2D eigenvalue weighted by molar-refractivity contribution is -0.110. The van der Waals surface area contributed by atoms with Crippen molar-refractivity contribution in [3.8, 4) is 11.5 Å². The maximum atomic E-state index is 12.5. The lowest BCUT2D eigenvalue weighted by atomic mass is 9.97. The van der Waals surface area contributed by atoms with Gasteiger partial charge >= 0.3 is 0 Å². The molecule has 3 unspecified atom stereocenters. The summed E-state index contributed by atoms with van der Waals surface area (Å²) in [6, 6.07) is 11.7. The number of carbonyl (C=O) groups is 1. The Balaban J connectivity index is 1.47. The van der Waals surface area contributed by atoms with Crippen LogP contribution in [0.2, 0.25) is 0 Å². The number of halogens is 1. The number of fused-ring (bicyclic) bond motifs is 3. The van der Waals surface area contributed by atoms with Crippen molar-refractivity contribution >= 4 is 39.2 Å². The predicted octanol–water partition coefficient (Wildman–Crippen LogP) is 5.52. The number of hydrogen-bond acceptors (Lipinski definition) is 3. The molecule has 144 valence electrons. The van der Waals surface area contributed by atoms with E-state index in [0.29, 0.717) is 11.5 Å². The van der Waals surface area contributed by atoms with Crippen LogP contribution in [0.25, 0.3) is 11.6 Å². The molecule has 3 atom stereocenters. The quantitative estimate of drug-likeness (QED) is 0.638. The Morgan fingerprint density at radius 1 is 1.11 bits per heavy atom. The molecule has 2 saturated carbocycles. The van der Waals surface area contributed by atoms with E-state index >= 15 is 0 Å². The Morgan fingerprint density at radius 3 is 2.75 bits per heavy atom. The number of hydrogen-bond donors (Lipinski definition) is 1. The number of carbonyl (C=O) groups excluding carboxylic acids is 1. The number of anilines is 1. The minimum atomic E-state index is -0.0838. The average molecular weight is 440 g/mol. The van der Waals surface area contributed by atoms with E-state index in [1.165, 1.54) is 19.3 Å². The number of benzene rings is 2. The summed E-state index contributed by atoms with van der Waals surface area (Å²) in [7, 11) is 1.67. The van der Waals surface area contributed by atoms with Crippen molar-refractivity contribution in [2.45, 2.75) is 31.8 Å². The molecular weight excluding hydrogens is 418 g/mol. The van der Waals surface area contributed by atoms with Crippen molar-refractivity contribution in [3.63, 3.8) is 0 Å². The highest BCUT2D eigenvalue weighted by molar-refractivity contribution is 9.10. The zero-order valence-corrected chi connectivity index (χ0v) is 17.3. The Labute approximate surface area is 173 Å². The molecule has 2 bridgehead atoms. The first-order valence-corrected chi connectivity index (χ1v) is 10.6. The van der Waals surface area contributed by atoms with Crippen LogP contribution in [-0.2, 0) is 4.79 Å². The van der Waals surface area contributed by atoms with Crippen LogP contribution < -0.4 is 14.8 Å². The fourth-order valence-corrected chi connectivity index (χ4v) is 5.20. The van der Waals surface area contributed by atoms with Gasteiger partial charge in [0.05, 0.1) is 7.11 Å². The lowest BCUT2D eigenvalue weighted by Crippen LogP contribution is -2.23. The van der Waals surface area contributed by atoms with E-state index in [4.69, 9.17) is 9.47 Å². The summed E-state index contributed by atoms with van der Waals surface area (Å²) in [4.78, 5) is 12.5. The molecule has 3 aliphatic rings. The van der Waals surface area contributed by atoms with Crippen LogP contribution in [-0.4, -0.2) is 19.1 Å². The summed E-state index contributed by atoms with van der Waals surface area (Å²) in [5, 5.41) is 2.93. The zero-order valence-electron chi connectivity index (χ0n) is 15.7. The average Bonchev–Trinajstić information content (AvgIpc) is 3.38. The second-order valence-corrected chi connectivity index (χ2v) is 8.86. The summed E-state index contributed by atoms with van der Waals surface area (Å²) in [5.74, 6) is 2.91. The minimum Gasteiger partial charge on any atom is -0.493 e. The van der Waals surface area contributed by atoms with Crippen LogP contribution in [0.5, 0.6) is 11.5 Å². The summed E-state index contributed by atoms with van der Waals surface area (Å²) in [6.07, 6.45) is 7.25. The Morgan fingerprint density at radius 2 is 2.00 bits per heavy atom. The second-order valence-electron chi connectivity index (χ2n) is 7.94. The Hall–Kier alpha value is -2.27. The van der Waals surface area contributed by atoms with Gasteiger partial charge < -0.3 is 14.8 Å². The summed E-state index contributed by atoms with van der Waals surface area (Å²) < 4.78 is 12.9. The first-order chi connectivity index (χ1) is 13.6. The number of methoxy groups -OCH3 is 1. The molecule has 2 aromatic carbocycles. The number of nitrogens with one attached hydrogen (secondary N) is 1. The largest absolute Gasteiger partial charge is 0.493 e. The van der Waals surface area contributed by atoms with E-state index in [0.717, 1.165) is 45.1 Å². The SMILES string of the molecule is COc1ccc(/C=C2\C(=O)Nc3ccc(Br)cc32)cc1OC1CC2CCC1C2. The molecule has 5 heteroatoms. The molecule has 0 spiro atoms. The molecule has 0 saturated heterocycles. The van der Waals surface area contributed by atoms with Crippen molar-refractivity contribution in [2.75, 3.05) is 12.4 Å². The monoisotopic (exact) mass is 439 g/mol. The van der Waals surface area contributed by atoms with E-state index in [9.17, 15) is 4.79 Å². The van der Waals surface area contributed by atoms with E-state index in [2.05, 4.69) is 21.2 Å². The van der Waals surface area contributed by atoms with Gasteiger partial charge in [0.15, 0.2) is 11.5 Å². The van der Waals surface area contributed by atoms with Gasteiger partial charge in [0, 0.05) is 21.3 Å². The van der Waals surface area contributed by atoms with Gasteiger partial charge in [0.1, 0.15) is 6.10 Å². The highest BCUT2D eigenvalue weighted by atomic mass is 79.9. The van der Waals surface area contributed by atoms with E-state index < -0.39 is 0 Å². The molecule has 5 rings (SSSR count).